The minimum absolute atomic E-state index is 0.158. The highest BCUT2D eigenvalue weighted by atomic mass is 19.1. The van der Waals surface area contributed by atoms with Gasteiger partial charge in [-0.2, -0.15) is 0 Å². The van der Waals surface area contributed by atoms with Crippen LogP contribution in [-0.4, -0.2) is 13.2 Å². The second-order valence-corrected chi connectivity index (χ2v) is 4.88. The van der Waals surface area contributed by atoms with Crippen LogP contribution in [0.3, 0.4) is 0 Å². The molecule has 1 atom stereocenters. The fourth-order valence-corrected chi connectivity index (χ4v) is 2.66. The summed E-state index contributed by atoms with van der Waals surface area (Å²) in [5.74, 6) is 0.604. The summed E-state index contributed by atoms with van der Waals surface area (Å²) < 4.78 is 18.4. The van der Waals surface area contributed by atoms with Crippen molar-refractivity contribution >= 4 is 0 Å². The fourth-order valence-electron chi connectivity index (χ4n) is 2.66. The number of hydrogen-bond donors (Lipinski definition) is 1. The van der Waals surface area contributed by atoms with Gasteiger partial charge >= 0.3 is 0 Å². The van der Waals surface area contributed by atoms with Crippen molar-refractivity contribution in [2.45, 2.75) is 38.1 Å². The van der Waals surface area contributed by atoms with Crippen LogP contribution in [0, 0.1) is 11.7 Å². The SMILES string of the molecule is COc1ccc(CC(N)C2CCCC2)cc1F. The van der Waals surface area contributed by atoms with E-state index in [9.17, 15) is 4.39 Å². The topological polar surface area (TPSA) is 35.2 Å². The Balaban J connectivity index is 2.00. The highest BCUT2D eigenvalue weighted by molar-refractivity contribution is 5.29. The quantitative estimate of drug-likeness (QED) is 0.874. The summed E-state index contributed by atoms with van der Waals surface area (Å²) in [6.45, 7) is 0. The smallest absolute Gasteiger partial charge is 0.165 e. The monoisotopic (exact) mass is 237 g/mol. The molecule has 1 aliphatic carbocycles. The van der Waals surface area contributed by atoms with Crippen LogP contribution in [0.2, 0.25) is 0 Å². The number of benzene rings is 1. The van der Waals surface area contributed by atoms with Gasteiger partial charge in [0.2, 0.25) is 0 Å². The van der Waals surface area contributed by atoms with E-state index in [0.717, 1.165) is 12.0 Å². The normalized spacial score (nSPS) is 18.3. The van der Waals surface area contributed by atoms with Gasteiger partial charge in [-0.1, -0.05) is 18.9 Å². The lowest BCUT2D eigenvalue weighted by Gasteiger charge is -2.18. The lowest BCUT2D eigenvalue weighted by Crippen LogP contribution is -2.30. The van der Waals surface area contributed by atoms with Crippen molar-refractivity contribution in [1.82, 2.24) is 0 Å². The van der Waals surface area contributed by atoms with Crippen molar-refractivity contribution in [3.05, 3.63) is 29.6 Å². The summed E-state index contributed by atoms with van der Waals surface area (Å²) >= 11 is 0. The van der Waals surface area contributed by atoms with Crippen LogP contribution < -0.4 is 10.5 Å². The third-order valence-corrected chi connectivity index (χ3v) is 3.69. The van der Waals surface area contributed by atoms with Crippen molar-refractivity contribution < 1.29 is 9.13 Å². The molecule has 0 spiro atoms. The average Bonchev–Trinajstić information content (AvgIpc) is 2.82. The fraction of sp³-hybridized carbons (Fsp3) is 0.571. The molecule has 1 fully saturated rings. The molecule has 0 bridgehead atoms. The minimum Gasteiger partial charge on any atom is -0.494 e. The van der Waals surface area contributed by atoms with Crippen LogP contribution in [0.15, 0.2) is 18.2 Å². The molecular weight excluding hydrogens is 217 g/mol. The summed E-state index contributed by atoms with van der Waals surface area (Å²) in [5, 5.41) is 0. The van der Waals surface area contributed by atoms with E-state index >= 15 is 0 Å². The first-order valence-corrected chi connectivity index (χ1v) is 6.28. The Kier molecular flexibility index (Phi) is 4.00. The average molecular weight is 237 g/mol. The Morgan fingerprint density at radius 1 is 1.41 bits per heavy atom. The minimum atomic E-state index is -0.302. The van der Waals surface area contributed by atoms with Gasteiger partial charge in [-0.05, 0) is 42.9 Å². The third kappa shape index (κ3) is 2.97. The predicted octanol–water partition coefficient (Wildman–Crippen LogP) is 2.89. The van der Waals surface area contributed by atoms with Crippen molar-refractivity contribution in [3.63, 3.8) is 0 Å². The van der Waals surface area contributed by atoms with Gasteiger partial charge in [0.25, 0.3) is 0 Å². The Bertz CT molecular complexity index is 374. The van der Waals surface area contributed by atoms with Crippen molar-refractivity contribution in [2.24, 2.45) is 11.7 Å². The Morgan fingerprint density at radius 2 is 2.12 bits per heavy atom. The summed E-state index contributed by atoms with van der Waals surface area (Å²) in [7, 11) is 1.47. The first kappa shape index (κ1) is 12.4. The number of hydrogen-bond acceptors (Lipinski definition) is 2. The molecular formula is C14H20FNO. The number of nitrogens with two attached hydrogens (primary N) is 1. The molecule has 17 heavy (non-hydrogen) atoms. The highest BCUT2D eigenvalue weighted by Gasteiger charge is 2.22. The first-order valence-electron chi connectivity index (χ1n) is 6.28. The maximum Gasteiger partial charge on any atom is 0.165 e. The molecule has 3 heteroatoms. The molecule has 0 heterocycles. The van der Waals surface area contributed by atoms with E-state index in [0.29, 0.717) is 11.7 Å². The van der Waals surface area contributed by atoms with Gasteiger partial charge in [-0.15, -0.1) is 0 Å². The number of methoxy groups -OCH3 is 1. The van der Waals surface area contributed by atoms with Crippen molar-refractivity contribution in [2.75, 3.05) is 7.11 Å². The maximum atomic E-state index is 13.5. The lowest BCUT2D eigenvalue weighted by atomic mass is 9.93. The molecule has 2 rings (SSSR count). The predicted molar refractivity (Wildman–Crippen MR) is 66.6 cm³/mol. The van der Waals surface area contributed by atoms with Crippen LogP contribution in [0.1, 0.15) is 31.2 Å². The van der Waals surface area contributed by atoms with Crippen molar-refractivity contribution in [3.8, 4) is 5.75 Å². The molecule has 94 valence electrons. The standard InChI is InChI=1S/C14H20FNO/c1-17-14-7-6-10(8-12(14)15)9-13(16)11-4-2-3-5-11/h6-8,11,13H,2-5,9,16H2,1H3. The van der Waals surface area contributed by atoms with E-state index in [1.54, 1.807) is 6.07 Å². The second-order valence-electron chi connectivity index (χ2n) is 4.88. The Morgan fingerprint density at radius 3 is 2.71 bits per heavy atom. The van der Waals surface area contributed by atoms with Crippen LogP contribution in [0.25, 0.3) is 0 Å². The Hall–Kier alpha value is -1.09. The third-order valence-electron chi connectivity index (χ3n) is 3.69. The maximum absolute atomic E-state index is 13.5. The van der Waals surface area contributed by atoms with Crippen molar-refractivity contribution in [1.29, 1.82) is 0 Å². The van der Waals surface area contributed by atoms with Crippen LogP contribution in [0.5, 0.6) is 5.75 Å². The summed E-state index contributed by atoms with van der Waals surface area (Å²) in [5.41, 5.74) is 7.14. The van der Waals surface area contributed by atoms with E-state index < -0.39 is 0 Å². The zero-order valence-corrected chi connectivity index (χ0v) is 10.3. The van der Waals surface area contributed by atoms with Gasteiger partial charge in [0.15, 0.2) is 11.6 Å². The number of ether oxygens (including phenoxy) is 1. The van der Waals surface area contributed by atoms with Gasteiger partial charge in [0.05, 0.1) is 7.11 Å². The molecule has 1 aliphatic rings. The molecule has 1 unspecified atom stereocenters. The molecule has 2 nitrogen and oxygen atoms in total. The van der Waals surface area contributed by atoms with Gasteiger partial charge in [-0.3, -0.25) is 0 Å². The van der Waals surface area contributed by atoms with Gasteiger partial charge in [-0.25, -0.2) is 4.39 Å². The molecule has 0 amide bonds. The molecule has 0 aliphatic heterocycles. The highest BCUT2D eigenvalue weighted by Crippen LogP contribution is 2.28. The number of halogens is 1. The largest absolute Gasteiger partial charge is 0.494 e. The van der Waals surface area contributed by atoms with E-state index in [1.165, 1.54) is 38.9 Å². The van der Waals surface area contributed by atoms with E-state index in [-0.39, 0.29) is 11.9 Å². The second kappa shape index (κ2) is 5.50. The van der Waals surface area contributed by atoms with E-state index in [2.05, 4.69) is 0 Å². The lowest BCUT2D eigenvalue weighted by molar-refractivity contribution is 0.385. The molecule has 0 radical (unpaired) electrons. The summed E-state index contributed by atoms with van der Waals surface area (Å²) in [6.07, 6.45) is 5.77. The van der Waals surface area contributed by atoms with Crippen LogP contribution in [0.4, 0.5) is 4.39 Å². The molecule has 0 aromatic heterocycles. The zero-order valence-electron chi connectivity index (χ0n) is 10.3. The number of rotatable bonds is 4. The van der Waals surface area contributed by atoms with Crippen LogP contribution in [-0.2, 0) is 6.42 Å². The Labute approximate surface area is 102 Å². The molecule has 1 aromatic rings. The van der Waals surface area contributed by atoms with E-state index in [1.807, 2.05) is 6.07 Å². The summed E-state index contributed by atoms with van der Waals surface area (Å²) in [4.78, 5) is 0. The molecule has 2 N–H and O–H groups in total. The zero-order chi connectivity index (χ0) is 12.3. The molecule has 0 saturated heterocycles. The molecule has 1 saturated carbocycles. The first-order chi connectivity index (χ1) is 8.20. The van der Waals surface area contributed by atoms with Gasteiger partial charge in [0.1, 0.15) is 0 Å². The van der Waals surface area contributed by atoms with Gasteiger partial charge in [0, 0.05) is 6.04 Å². The summed E-state index contributed by atoms with van der Waals surface area (Å²) in [6, 6.07) is 5.27. The van der Waals surface area contributed by atoms with Crippen LogP contribution >= 0.6 is 0 Å². The van der Waals surface area contributed by atoms with E-state index in [4.69, 9.17) is 10.5 Å². The molecule has 1 aromatic carbocycles. The van der Waals surface area contributed by atoms with Gasteiger partial charge < -0.3 is 10.5 Å².